The number of benzene rings is 1. The fraction of sp³-hybridized carbons (Fsp3) is 0.294. The van der Waals surface area contributed by atoms with E-state index in [9.17, 15) is 4.79 Å². The second kappa shape index (κ2) is 5.57. The van der Waals surface area contributed by atoms with Gasteiger partial charge in [0, 0.05) is 23.9 Å². The van der Waals surface area contributed by atoms with Crippen molar-refractivity contribution in [3.63, 3.8) is 0 Å². The molecule has 0 aliphatic carbocycles. The SMILES string of the molecule is CCN(CC)C(=O)c1sc2nc3c(C)cccc3cc2c1N. The number of anilines is 1. The van der Waals surface area contributed by atoms with Gasteiger partial charge >= 0.3 is 0 Å². The molecule has 0 unspecified atom stereocenters. The van der Waals surface area contributed by atoms with Crippen LogP contribution in [-0.4, -0.2) is 28.9 Å². The van der Waals surface area contributed by atoms with Crippen LogP contribution in [0.3, 0.4) is 0 Å². The number of aryl methyl sites for hydroxylation is 1. The third kappa shape index (κ3) is 2.22. The lowest BCUT2D eigenvalue weighted by atomic mass is 10.1. The first-order chi connectivity index (χ1) is 10.6. The summed E-state index contributed by atoms with van der Waals surface area (Å²) in [6.07, 6.45) is 0. The molecule has 0 fully saturated rings. The van der Waals surface area contributed by atoms with Crippen LogP contribution in [0.4, 0.5) is 5.69 Å². The van der Waals surface area contributed by atoms with Gasteiger partial charge in [0.15, 0.2) is 0 Å². The minimum Gasteiger partial charge on any atom is -0.397 e. The first-order valence-electron chi connectivity index (χ1n) is 7.44. The summed E-state index contributed by atoms with van der Waals surface area (Å²) < 4.78 is 0. The number of carbonyl (C=O) groups is 1. The highest BCUT2D eigenvalue weighted by atomic mass is 32.1. The van der Waals surface area contributed by atoms with E-state index in [1.54, 1.807) is 4.90 Å². The van der Waals surface area contributed by atoms with Crippen molar-refractivity contribution in [1.29, 1.82) is 0 Å². The first-order valence-corrected chi connectivity index (χ1v) is 8.26. The molecule has 4 nitrogen and oxygen atoms in total. The molecule has 3 rings (SSSR count). The zero-order valence-electron chi connectivity index (χ0n) is 13.0. The van der Waals surface area contributed by atoms with Gasteiger partial charge in [-0.15, -0.1) is 11.3 Å². The number of nitrogen functional groups attached to an aromatic ring is 1. The number of amides is 1. The minimum atomic E-state index is -0.00808. The maximum absolute atomic E-state index is 12.6. The molecule has 0 radical (unpaired) electrons. The van der Waals surface area contributed by atoms with E-state index in [1.807, 2.05) is 45.0 Å². The number of nitrogens with two attached hydrogens (primary N) is 1. The molecule has 0 saturated heterocycles. The van der Waals surface area contributed by atoms with E-state index in [-0.39, 0.29) is 5.91 Å². The molecule has 0 saturated carbocycles. The fourth-order valence-corrected chi connectivity index (χ4v) is 3.73. The molecule has 2 N–H and O–H groups in total. The number of carbonyl (C=O) groups excluding carboxylic acids is 1. The summed E-state index contributed by atoms with van der Waals surface area (Å²) in [6.45, 7) is 7.34. The Morgan fingerprint density at radius 3 is 2.73 bits per heavy atom. The monoisotopic (exact) mass is 313 g/mol. The maximum Gasteiger partial charge on any atom is 0.266 e. The molecular weight excluding hydrogens is 294 g/mol. The summed E-state index contributed by atoms with van der Waals surface area (Å²) >= 11 is 1.39. The van der Waals surface area contributed by atoms with Crippen LogP contribution in [0.2, 0.25) is 0 Å². The second-order valence-electron chi connectivity index (χ2n) is 5.31. The van der Waals surface area contributed by atoms with Crippen molar-refractivity contribution in [2.75, 3.05) is 18.8 Å². The Kier molecular flexibility index (Phi) is 3.74. The third-order valence-electron chi connectivity index (χ3n) is 3.99. The minimum absolute atomic E-state index is 0.00808. The molecule has 0 atom stereocenters. The lowest BCUT2D eigenvalue weighted by molar-refractivity contribution is 0.0779. The predicted molar refractivity (Wildman–Crippen MR) is 93.5 cm³/mol. The van der Waals surface area contributed by atoms with Crippen LogP contribution in [0.25, 0.3) is 21.1 Å². The van der Waals surface area contributed by atoms with Gasteiger partial charge in [-0.3, -0.25) is 4.79 Å². The van der Waals surface area contributed by atoms with Gasteiger partial charge in [0.05, 0.1) is 11.2 Å². The number of aromatic nitrogens is 1. The van der Waals surface area contributed by atoms with E-state index in [2.05, 4.69) is 0 Å². The Hall–Kier alpha value is -2.14. The molecule has 3 aromatic rings. The molecule has 0 bridgehead atoms. The van der Waals surface area contributed by atoms with E-state index in [1.165, 1.54) is 11.3 Å². The van der Waals surface area contributed by atoms with E-state index in [0.717, 1.165) is 26.7 Å². The molecule has 114 valence electrons. The van der Waals surface area contributed by atoms with Gasteiger partial charge in [0.2, 0.25) is 0 Å². The Morgan fingerprint density at radius 1 is 1.32 bits per heavy atom. The van der Waals surface area contributed by atoms with E-state index in [4.69, 9.17) is 10.7 Å². The van der Waals surface area contributed by atoms with Crippen LogP contribution in [-0.2, 0) is 0 Å². The van der Waals surface area contributed by atoms with Crippen molar-refractivity contribution in [2.45, 2.75) is 20.8 Å². The molecular formula is C17H19N3OS. The number of hydrogen-bond donors (Lipinski definition) is 1. The molecule has 5 heteroatoms. The smallest absolute Gasteiger partial charge is 0.266 e. The van der Waals surface area contributed by atoms with Crippen molar-refractivity contribution in [3.8, 4) is 0 Å². The first kappa shape index (κ1) is 14.8. The molecule has 0 aliphatic heterocycles. The third-order valence-corrected chi connectivity index (χ3v) is 5.09. The van der Waals surface area contributed by atoms with Crippen LogP contribution in [0, 0.1) is 6.92 Å². The lowest BCUT2D eigenvalue weighted by Crippen LogP contribution is -2.30. The summed E-state index contributed by atoms with van der Waals surface area (Å²) in [4.78, 5) is 20.5. The van der Waals surface area contributed by atoms with E-state index >= 15 is 0 Å². The molecule has 1 aromatic carbocycles. The Bertz CT molecular complexity index is 865. The van der Waals surface area contributed by atoms with E-state index < -0.39 is 0 Å². The standard InChI is InChI=1S/C17H19N3OS/c1-4-20(5-2)17(21)15-13(18)12-9-11-8-6-7-10(3)14(11)19-16(12)22-15/h6-9H,4-5,18H2,1-3H3. The van der Waals surface area contributed by atoms with Crippen molar-refractivity contribution >= 4 is 44.1 Å². The van der Waals surface area contributed by atoms with Gasteiger partial charge in [-0.25, -0.2) is 4.98 Å². The van der Waals surface area contributed by atoms with Crippen molar-refractivity contribution in [1.82, 2.24) is 9.88 Å². The highest BCUT2D eigenvalue weighted by molar-refractivity contribution is 7.21. The number of rotatable bonds is 3. The lowest BCUT2D eigenvalue weighted by Gasteiger charge is -2.17. The van der Waals surface area contributed by atoms with Gasteiger partial charge in [-0.1, -0.05) is 18.2 Å². The van der Waals surface area contributed by atoms with Crippen molar-refractivity contribution < 1.29 is 4.79 Å². The molecule has 0 aliphatic rings. The number of nitrogens with zero attached hydrogens (tertiary/aromatic N) is 2. The molecule has 0 spiro atoms. The number of para-hydroxylation sites is 1. The van der Waals surface area contributed by atoms with Crippen LogP contribution >= 0.6 is 11.3 Å². The number of fused-ring (bicyclic) bond motifs is 2. The summed E-state index contributed by atoms with van der Waals surface area (Å²) in [5.41, 5.74) is 8.89. The highest BCUT2D eigenvalue weighted by Crippen LogP contribution is 2.35. The molecule has 22 heavy (non-hydrogen) atoms. The average molecular weight is 313 g/mol. The fourth-order valence-electron chi connectivity index (χ4n) is 2.69. The van der Waals surface area contributed by atoms with Crippen molar-refractivity contribution in [3.05, 3.63) is 34.7 Å². The Morgan fingerprint density at radius 2 is 2.05 bits per heavy atom. The number of hydrogen-bond acceptors (Lipinski definition) is 4. The van der Waals surface area contributed by atoms with Gasteiger partial charge < -0.3 is 10.6 Å². The Balaban J connectivity index is 2.22. The molecule has 1 amide bonds. The largest absolute Gasteiger partial charge is 0.397 e. The van der Waals surface area contributed by atoms with Crippen LogP contribution in [0.1, 0.15) is 29.1 Å². The average Bonchev–Trinajstić information content (AvgIpc) is 2.84. The van der Waals surface area contributed by atoms with E-state index in [0.29, 0.717) is 23.7 Å². The van der Waals surface area contributed by atoms with Gasteiger partial charge in [-0.2, -0.15) is 0 Å². The normalized spacial score (nSPS) is 11.2. The summed E-state index contributed by atoms with van der Waals surface area (Å²) in [6, 6.07) is 8.11. The summed E-state index contributed by atoms with van der Waals surface area (Å²) in [5, 5.41) is 1.93. The van der Waals surface area contributed by atoms with Crippen LogP contribution in [0.5, 0.6) is 0 Å². The number of thiophene rings is 1. The van der Waals surface area contributed by atoms with Gasteiger partial charge in [0.25, 0.3) is 5.91 Å². The van der Waals surface area contributed by atoms with Gasteiger partial charge in [0.1, 0.15) is 9.71 Å². The van der Waals surface area contributed by atoms with Crippen molar-refractivity contribution in [2.24, 2.45) is 0 Å². The topological polar surface area (TPSA) is 59.2 Å². The zero-order chi connectivity index (χ0) is 15.9. The maximum atomic E-state index is 12.6. The Labute approximate surface area is 133 Å². The molecule has 2 aromatic heterocycles. The quantitative estimate of drug-likeness (QED) is 0.799. The van der Waals surface area contributed by atoms with Crippen LogP contribution in [0.15, 0.2) is 24.3 Å². The van der Waals surface area contributed by atoms with Gasteiger partial charge in [-0.05, 0) is 32.4 Å². The number of pyridine rings is 1. The zero-order valence-corrected chi connectivity index (χ0v) is 13.8. The predicted octanol–water partition coefficient (Wildman–Crippen LogP) is 3.82. The summed E-state index contributed by atoms with van der Waals surface area (Å²) in [5.74, 6) is -0.00808. The highest BCUT2D eigenvalue weighted by Gasteiger charge is 2.21. The van der Waals surface area contributed by atoms with Crippen LogP contribution < -0.4 is 5.73 Å². The molecule has 2 heterocycles. The summed E-state index contributed by atoms with van der Waals surface area (Å²) in [7, 11) is 0. The second-order valence-corrected chi connectivity index (χ2v) is 6.31.